The van der Waals surface area contributed by atoms with Crippen molar-refractivity contribution >= 4 is 11.6 Å². The Kier molecular flexibility index (Phi) is 4.09. The van der Waals surface area contributed by atoms with Crippen molar-refractivity contribution in [3.05, 3.63) is 53.9 Å². The fraction of sp³-hybridized carbons (Fsp3) is 0.333. The first-order valence-corrected chi connectivity index (χ1v) is 7.53. The molecule has 4 heteroatoms. The first kappa shape index (κ1) is 14.6. The average Bonchev–Trinajstić information content (AvgIpc) is 2.89. The molecule has 1 aliphatic rings. The van der Waals surface area contributed by atoms with Gasteiger partial charge in [-0.3, -0.25) is 9.78 Å². The zero-order valence-electron chi connectivity index (χ0n) is 13.0. The van der Waals surface area contributed by atoms with Gasteiger partial charge in [0, 0.05) is 24.3 Å². The predicted octanol–water partition coefficient (Wildman–Crippen LogP) is 2.99. The van der Waals surface area contributed by atoms with Crippen molar-refractivity contribution in [1.29, 1.82) is 0 Å². The minimum atomic E-state index is 0.183. The number of carbonyl (C=O) groups is 1. The van der Waals surface area contributed by atoms with Crippen LogP contribution in [0.15, 0.2) is 42.5 Å². The Morgan fingerprint density at radius 1 is 1.23 bits per heavy atom. The predicted molar refractivity (Wildman–Crippen MR) is 86.1 cm³/mol. The first-order valence-electron chi connectivity index (χ1n) is 7.53. The molecule has 1 aromatic carbocycles. The van der Waals surface area contributed by atoms with Gasteiger partial charge in [0.25, 0.3) is 0 Å². The Morgan fingerprint density at radius 2 is 2.00 bits per heavy atom. The summed E-state index contributed by atoms with van der Waals surface area (Å²) in [6.45, 7) is 2.71. The largest absolute Gasteiger partial charge is 0.495 e. The van der Waals surface area contributed by atoms with Crippen LogP contribution in [0, 0.1) is 12.8 Å². The van der Waals surface area contributed by atoms with Gasteiger partial charge >= 0.3 is 0 Å². The lowest BCUT2D eigenvalue weighted by atomic mass is 10.0. The van der Waals surface area contributed by atoms with E-state index < -0.39 is 0 Å². The Labute approximate surface area is 130 Å². The normalized spacial score (nSPS) is 17.8. The summed E-state index contributed by atoms with van der Waals surface area (Å²) in [5.74, 6) is 1.26. The summed E-state index contributed by atoms with van der Waals surface area (Å²) in [4.78, 5) is 18.7. The molecular weight excluding hydrogens is 276 g/mol. The van der Waals surface area contributed by atoms with Crippen molar-refractivity contribution in [3.63, 3.8) is 0 Å². The average molecular weight is 296 g/mol. The van der Waals surface area contributed by atoms with Gasteiger partial charge in [-0.25, -0.2) is 0 Å². The molecule has 0 bridgehead atoms. The molecule has 3 rings (SSSR count). The third-order valence-electron chi connectivity index (χ3n) is 4.05. The second kappa shape index (κ2) is 6.18. The first-order chi connectivity index (χ1) is 10.7. The van der Waals surface area contributed by atoms with Crippen LogP contribution in [0.5, 0.6) is 5.75 Å². The summed E-state index contributed by atoms with van der Waals surface area (Å²) in [6, 6.07) is 13.7. The monoisotopic (exact) mass is 296 g/mol. The topological polar surface area (TPSA) is 42.4 Å². The molecule has 1 unspecified atom stereocenters. The number of rotatable bonds is 4. The van der Waals surface area contributed by atoms with Gasteiger partial charge in [0.2, 0.25) is 5.91 Å². The van der Waals surface area contributed by atoms with Crippen LogP contribution < -0.4 is 9.64 Å². The van der Waals surface area contributed by atoms with Crippen molar-refractivity contribution in [2.45, 2.75) is 19.8 Å². The highest BCUT2D eigenvalue weighted by molar-refractivity contribution is 5.95. The Hall–Kier alpha value is -2.36. The van der Waals surface area contributed by atoms with Crippen LogP contribution >= 0.6 is 0 Å². The lowest BCUT2D eigenvalue weighted by Crippen LogP contribution is -2.24. The van der Waals surface area contributed by atoms with E-state index in [9.17, 15) is 4.79 Å². The molecular formula is C18H20N2O2. The number of nitrogens with zero attached hydrogens (tertiary/aromatic N) is 2. The number of aromatic nitrogens is 1. The number of aryl methyl sites for hydroxylation is 1. The molecule has 1 amide bonds. The van der Waals surface area contributed by atoms with Crippen molar-refractivity contribution < 1.29 is 9.53 Å². The molecule has 0 aliphatic carbocycles. The van der Waals surface area contributed by atoms with Crippen LogP contribution in [0.4, 0.5) is 5.69 Å². The number of carbonyl (C=O) groups excluding carboxylic acids is 1. The van der Waals surface area contributed by atoms with Gasteiger partial charge in [-0.2, -0.15) is 0 Å². The standard InChI is InChI=1S/C18H20N2O2/c1-13-8-9-17(22-2)16(19-13)10-14-11-18(21)20(12-14)15-6-4-3-5-7-15/h3-9,14H,10-12H2,1-2H3. The molecule has 0 radical (unpaired) electrons. The smallest absolute Gasteiger partial charge is 0.227 e. The van der Waals surface area contributed by atoms with E-state index in [1.54, 1.807) is 7.11 Å². The van der Waals surface area contributed by atoms with Gasteiger partial charge in [-0.15, -0.1) is 0 Å². The number of hydrogen-bond acceptors (Lipinski definition) is 3. The van der Waals surface area contributed by atoms with Crippen LogP contribution in [0.1, 0.15) is 17.8 Å². The molecule has 4 nitrogen and oxygen atoms in total. The molecule has 2 heterocycles. The maximum atomic E-state index is 12.3. The molecule has 1 saturated heterocycles. The third kappa shape index (κ3) is 2.96. The summed E-state index contributed by atoms with van der Waals surface area (Å²) in [5.41, 5.74) is 2.88. The lowest BCUT2D eigenvalue weighted by Gasteiger charge is -2.17. The number of amides is 1. The van der Waals surface area contributed by atoms with Gasteiger partial charge in [-0.05, 0) is 43.5 Å². The van der Waals surface area contributed by atoms with Gasteiger partial charge in [0.15, 0.2) is 0 Å². The minimum absolute atomic E-state index is 0.183. The molecule has 2 aromatic rings. The quantitative estimate of drug-likeness (QED) is 0.871. The minimum Gasteiger partial charge on any atom is -0.495 e. The lowest BCUT2D eigenvalue weighted by molar-refractivity contribution is -0.117. The fourth-order valence-corrected chi connectivity index (χ4v) is 2.98. The van der Waals surface area contributed by atoms with Crippen LogP contribution in [-0.2, 0) is 11.2 Å². The van der Waals surface area contributed by atoms with E-state index in [2.05, 4.69) is 4.98 Å². The van der Waals surface area contributed by atoms with Crippen molar-refractivity contribution in [2.75, 3.05) is 18.6 Å². The highest BCUT2D eigenvalue weighted by atomic mass is 16.5. The Morgan fingerprint density at radius 3 is 2.73 bits per heavy atom. The third-order valence-corrected chi connectivity index (χ3v) is 4.05. The summed E-state index contributed by atoms with van der Waals surface area (Å²) < 4.78 is 5.39. The summed E-state index contributed by atoms with van der Waals surface area (Å²) in [6.07, 6.45) is 1.33. The summed E-state index contributed by atoms with van der Waals surface area (Å²) in [7, 11) is 1.66. The van der Waals surface area contributed by atoms with E-state index in [0.717, 1.165) is 35.8 Å². The van der Waals surface area contributed by atoms with Crippen molar-refractivity contribution in [2.24, 2.45) is 5.92 Å². The van der Waals surface area contributed by atoms with Gasteiger partial charge in [0.1, 0.15) is 5.75 Å². The Bertz CT molecular complexity index is 670. The number of anilines is 1. The highest BCUT2D eigenvalue weighted by Gasteiger charge is 2.31. The van der Waals surface area contributed by atoms with E-state index in [0.29, 0.717) is 6.42 Å². The molecule has 1 fully saturated rings. The fourth-order valence-electron chi connectivity index (χ4n) is 2.98. The van der Waals surface area contributed by atoms with E-state index >= 15 is 0 Å². The van der Waals surface area contributed by atoms with Crippen LogP contribution in [0.25, 0.3) is 0 Å². The summed E-state index contributed by atoms with van der Waals surface area (Å²) in [5, 5.41) is 0. The molecule has 1 aromatic heterocycles. The molecule has 0 spiro atoms. The molecule has 1 atom stereocenters. The highest BCUT2D eigenvalue weighted by Crippen LogP contribution is 2.29. The SMILES string of the molecule is COc1ccc(C)nc1CC1CC(=O)N(c2ccccc2)C1. The molecule has 1 aliphatic heterocycles. The number of hydrogen-bond donors (Lipinski definition) is 0. The van der Waals surface area contributed by atoms with E-state index in [-0.39, 0.29) is 11.8 Å². The van der Waals surface area contributed by atoms with Gasteiger partial charge < -0.3 is 9.64 Å². The Balaban J connectivity index is 1.76. The van der Waals surface area contributed by atoms with Gasteiger partial charge in [0.05, 0.1) is 12.8 Å². The number of para-hydroxylation sites is 1. The van der Waals surface area contributed by atoms with Crippen LogP contribution in [0.2, 0.25) is 0 Å². The molecule has 0 N–H and O–H groups in total. The van der Waals surface area contributed by atoms with E-state index in [1.807, 2.05) is 54.3 Å². The molecule has 114 valence electrons. The number of ether oxygens (including phenoxy) is 1. The molecule has 0 saturated carbocycles. The van der Waals surface area contributed by atoms with E-state index in [1.165, 1.54) is 0 Å². The van der Waals surface area contributed by atoms with Crippen LogP contribution in [0.3, 0.4) is 0 Å². The number of methoxy groups -OCH3 is 1. The second-order valence-electron chi connectivity index (χ2n) is 5.72. The van der Waals surface area contributed by atoms with Crippen molar-refractivity contribution in [1.82, 2.24) is 4.98 Å². The maximum absolute atomic E-state index is 12.3. The summed E-state index contributed by atoms with van der Waals surface area (Å²) >= 11 is 0. The zero-order chi connectivity index (χ0) is 15.5. The van der Waals surface area contributed by atoms with Crippen LogP contribution in [-0.4, -0.2) is 24.5 Å². The number of pyridine rings is 1. The maximum Gasteiger partial charge on any atom is 0.227 e. The molecule has 22 heavy (non-hydrogen) atoms. The van der Waals surface area contributed by atoms with E-state index in [4.69, 9.17) is 4.74 Å². The number of benzene rings is 1. The van der Waals surface area contributed by atoms with Crippen molar-refractivity contribution in [3.8, 4) is 5.75 Å². The second-order valence-corrected chi connectivity index (χ2v) is 5.72. The zero-order valence-corrected chi connectivity index (χ0v) is 13.0. The van der Waals surface area contributed by atoms with Gasteiger partial charge in [-0.1, -0.05) is 18.2 Å².